The zero-order valence-electron chi connectivity index (χ0n) is 17.3. The lowest BCUT2D eigenvalue weighted by Gasteiger charge is -2.35. The van der Waals surface area contributed by atoms with Gasteiger partial charge in [0.05, 0.1) is 15.5 Å². The maximum atomic E-state index is 13.4. The summed E-state index contributed by atoms with van der Waals surface area (Å²) in [6.07, 6.45) is 2.20. The minimum absolute atomic E-state index is 0.00406. The van der Waals surface area contributed by atoms with Crippen LogP contribution in [0.1, 0.15) is 23.7 Å². The molecule has 0 radical (unpaired) electrons. The molecule has 1 fully saturated rings. The molecule has 0 spiro atoms. The third-order valence-corrected chi connectivity index (χ3v) is 8.11. The van der Waals surface area contributed by atoms with Crippen LogP contribution in [0.2, 0.25) is 5.02 Å². The number of benzene rings is 2. The largest absolute Gasteiger partial charge is 0.396 e. The maximum Gasteiger partial charge on any atom is 0.256 e. The van der Waals surface area contributed by atoms with Gasteiger partial charge in [0.1, 0.15) is 5.82 Å². The number of nitrogens with zero attached hydrogens (tertiary/aromatic N) is 1. The molecule has 2 aromatic carbocycles. The number of rotatable bonds is 5. The number of amides is 1. The normalized spacial score (nSPS) is 19.9. The highest BCUT2D eigenvalue weighted by atomic mass is 35.5. The van der Waals surface area contributed by atoms with Crippen molar-refractivity contribution in [3.05, 3.63) is 59.0 Å². The minimum atomic E-state index is -3.86. The fourth-order valence-electron chi connectivity index (χ4n) is 4.04. The van der Waals surface area contributed by atoms with Crippen molar-refractivity contribution in [2.24, 2.45) is 11.8 Å². The molecule has 1 saturated heterocycles. The number of halogens is 2. The van der Waals surface area contributed by atoms with Gasteiger partial charge in [-0.25, -0.2) is 12.8 Å². The van der Waals surface area contributed by atoms with Crippen LogP contribution in [0.3, 0.4) is 0 Å². The molecule has 3 N–H and O–H groups in total. The Balaban J connectivity index is 1.68. The van der Waals surface area contributed by atoms with Crippen LogP contribution >= 0.6 is 11.6 Å². The molecule has 1 amide bonds. The van der Waals surface area contributed by atoms with Crippen LogP contribution in [0.25, 0.3) is 10.9 Å². The van der Waals surface area contributed by atoms with E-state index in [0.717, 1.165) is 6.07 Å². The molecule has 0 bridgehead atoms. The first kappa shape index (κ1) is 22.7. The number of piperidine rings is 1. The van der Waals surface area contributed by atoms with Crippen molar-refractivity contribution in [3.8, 4) is 0 Å². The second-order valence-corrected chi connectivity index (χ2v) is 10.4. The van der Waals surface area contributed by atoms with Crippen LogP contribution in [0.5, 0.6) is 0 Å². The van der Waals surface area contributed by atoms with Gasteiger partial charge in [0.25, 0.3) is 5.91 Å². The number of nitrogens with one attached hydrogen (secondary N) is 2. The Morgan fingerprint density at radius 2 is 2.09 bits per heavy atom. The quantitative estimate of drug-likeness (QED) is 0.517. The number of aromatic amines is 1. The predicted octanol–water partition coefficient (Wildman–Crippen LogP) is 3.85. The molecule has 0 saturated carbocycles. The summed E-state index contributed by atoms with van der Waals surface area (Å²) in [5, 5.41) is 12.5. The zero-order chi connectivity index (χ0) is 23.0. The predicted molar refractivity (Wildman–Crippen MR) is 121 cm³/mol. The van der Waals surface area contributed by atoms with Gasteiger partial charge in [-0.05, 0) is 54.7 Å². The van der Waals surface area contributed by atoms with Crippen LogP contribution in [0, 0.1) is 17.7 Å². The highest BCUT2D eigenvalue weighted by Crippen LogP contribution is 2.30. The number of aromatic nitrogens is 1. The molecule has 10 heteroatoms. The molecule has 170 valence electrons. The Labute approximate surface area is 190 Å². The number of hydrogen-bond donors (Lipinski definition) is 3. The minimum Gasteiger partial charge on any atom is -0.396 e. The number of carbonyl (C=O) groups excluding carboxylic acids is 1. The van der Waals surface area contributed by atoms with E-state index in [9.17, 15) is 22.7 Å². The van der Waals surface area contributed by atoms with E-state index in [1.54, 1.807) is 12.3 Å². The lowest BCUT2D eigenvalue weighted by atomic mass is 9.89. The van der Waals surface area contributed by atoms with E-state index in [-0.39, 0.29) is 33.9 Å². The molecule has 3 aromatic rings. The molecule has 1 aromatic heterocycles. The molecule has 2 heterocycles. The Morgan fingerprint density at radius 3 is 2.78 bits per heavy atom. The van der Waals surface area contributed by atoms with Gasteiger partial charge in [0.2, 0.25) is 10.0 Å². The Bertz CT molecular complexity index is 1280. The highest BCUT2D eigenvalue weighted by Gasteiger charge is 2.34. The first-order valence-electron chi connectivity index (χ1n) is 10.2. The number of fused-ring (bicyclic) bond motifs is 1. The number of aliphatic hydroxyl groups is 1. The van der Waals surface area contributed by atoms with Crippen LogP contribution in [-0.4, -0.2) is 48.4 Å². The van der Waals surface area contributed by atoms with Gasteiger partial charge in [-0.15, -0.1) is 0 Å². The van der Waals surface area contributed by atoms with Crippen molar-refractivity contribution in [1.82, 2.24) is 9.29 Å². The van der Waals surface area contributed by atoms with Crippen molar-refractivity contribution in [3.63, 3.8) is 0 Å². The third kappa shape index (κ3) is 4.25. The molecule has 1 aliphatic heterocycles. The summed E-state index contributed by atoms with van der Waals surface area (Å²) >= 11 is 5.79. The third-order valence-electron chi connectivity index (χ3n) is 5.98. The van der Waals surface area contributed by atoms with Gasteiger partial charge in [-0.3, -0.25) is 4.79 Å². The second-order valence-electron chi connectivity index (χ2n) is 8.06. The Morgan fingerprint density at radius 1 is 1.31 bits per heavy atom. The van der Waals surface area contributed by atoms with Gasteiger partial charge >= 0.3 is 0 Å². The summed E-state index contributed by atoms with van der Waals surface area (Å²) in [4.78, 5) is 16.0. The summed E-state index contributed by atoms with van der Waals surface area (Å²) in [5.41, 5.74) is 0.964. The fourth-order valence-corrected chi connectivity index (χ4v) is 5.83. The van der Waals surface area contributed by atoms with Crippen molar-refractivity contribution in [2.45, 2.75) is 18.2 Å². The molecular weight excluding hydrogens is 457 g/mol. The van der Waals surface area contributed by atoms with Crippen molar-refractivity contribution in [2.75, 3.05) is 25.0 Å². The number of sulfonamides is 1. The first-order valence-corrected chi connectivity index (χ1v) is 12.0. The van der Waals surface area contributed by atoms with E-state index >= 15 is 0 Å². The van der Waals surface area contributed by atoms with Crippen LogP contribution in [-0.2, 0) is 10.0 Å². The summed E-state index contributed by atoms with van der Waals surface area (Å²) in [6, 6.07) is 8.36. The number of H-pyrrole nitrogens is 1. The van der Waals surface area contributed by atoms with Gasteiger partial charge < -0.3 is 15.4 Å². The molecule has 0 aliphatic carbocycles. The van der Waals surface area contributed by atoms with Gasteiger partial charge in [-0.1, -0.05) is 18.5 Å². The highest BCUT2D eigenvalue weighted by molar-refractivity contribution is 7.89. The summed E-state index contributed by atoms with van der Waals surface area (Å²) < 4.78 is 41.6. The van der Waals surface area contributed by atoms with Gasteiger partial charge in [-0.2, -0.15) is 4.31 Å². The van der Waals surface area contributed by atoms with Crippen molar-refractivity contribution in [1.29, 1.82) is 0 Å². The summed E-state index contributed by atoms with van der Waals surface area (Å²) in [5.74, 6) is -1.06. The maximum absolute atomic E-state index is 13.4. The Hall–Kier alpha value is -2.46. The van der Waals surface area contributed by atoms with E-state index in [2.05, 4.69) is 10.3 Å². The van der Waals surface area contributed by atoms with Gasteiger partial charge in [0.15, 0.2) is 0 Å². The van der Waals surface area contributed by atoms with Crippen LogP contribution in [0.15, 0.2) is 47.5 Å². The smallest absolute Gasteiger partial charge is 0.256 e. The molecule has 2 unspecified atom stereocenters. The van der Waals surface area contributed by atoms with E-state index in [0.29, 0.717) is 36.1 Å². The van der Waals surface area contributed by atoms with E-state index in [1.165, 1.54) is 28.6 Å². The number of hydrogen-bond acceptors (Lipinski definition) is 4. The van der Waals surface area contributed by atoms with E-state index in [1.807, 2.05) is 6.92 Å². The summed E-state index contributed by atoms with van der Waals surface area (Å²) in [6.45, 7) is 2.55. The van der Waals surface area contributed by atoms with Gasteiger partial charge in [0, 0.05) is 42.5 Å². The number of carbonyl (C=O) groups is 1. The Kier molecular flexibility index (Phi) is 6.26. The summed E-state index contributed by atoms with van der Waals surface area (Å²) in [7, 11) is -3.86. The topological polar surface area (TPSA) is 103 Å². The van der Waals surface area contributed by atoms with Crippen LogP contribution in [0.4, 0.5) is 10.1 Å². The number of anilines is 1. The fraction of sp³-hybridized carbons (Fsp3) is 0.318. The van der Waals surface area contributed by atoms with Crippen LogP contribution < -0.4 is 5.32 Å². The average Bonchev–Trinajstić information content (AvgIpc) is 3.24. The van der Waals surface area contributed by atoms with E-state index < -0.39 is 21.7 Å². The standard InChI is InChI=1S/C22H23ClFN3O4S/c1-13-11-27(7-5-14(13)12-28)32(30,31)16-9-18(17-4-6-25-21(17)10-16)22(29)26-15-2-3-20(24)19(23)8-15/h2-4,6,8-10,13-14,25,28H,5,7,11-12H2,1H3,(H,26,29). The van der Waals surface area contributed by atoms with Crippen molar-refractivity contribution >= 4 is 44.1 Å². The molecule has 2 atom stereocenters. The molecule has 4 rings (SSSR count). The first-order chi connectivity index (χ1) is 15.2. The molecular formula is C22H23ClFN3O4S. The lowest BCUT2D eigenvalue weighted by Crippen LogP contribution is -2.43. The number of aliphatic hydroxyl groups excluding tert-OH is 1. The molecule has 32 heavy (non-hydrogen) atoms. The molecule has 1 aliphatic rings. The average molecular weight is 480 g/mol. The second kappa shape index (κ2) is 8.82. The van der Waals surface area contributed by atoms with Crippen molar-refractivity contribution < 1.29 is 22.7 Å². The van der Waals surface area contributed by atoms with E-state index in [4.69, 9.17) is 11.6 Å². The molecule has 7 nitrogen and oxygen atoms in total. The SMILES string of the molecule is CC1CN(S(=O)(=O)c2cc(C(=O)Nc3ccc(F)c(Cl)c3)c3cc[nH]c3c2)CCC1CO. The lowest BCUT2D eigenvalue weighted by molar-refractivity contribution is 0.102. The monoisotopic (exact) mass is 479 g/mol. The zero-order valence-corrected chi connectivity index (χ0v) is 18.9.